The topological polar surface area (TPSA) is 26.3 Å². The number of hydrogen-bond acceptors (Lipinski definition) is 2. The van der Waals surface area contributed by atoms with Crippen molar-refractivity contribution in [2.45, 2.75) is 31.3 Å². The normalized spacial score (nSPS) is 18.9. The molecule has 1 aliphatic heterocycles. The van der Waals surface area contributed by atoms with Crippen molar-refractivity contribution in [2.24, 2.45) is 0 Å². The van der Waals surface area contributed by atoms with Crippen LogP contribution in [-0.4, -0.2) is 5.66 Å². The summed E-state index contributed by atoms with van der Waals surface area (Å²) < 4.78 is 21.5. The van der Waals surface area contributed by atoms with Gasteiger partial charge in [0.2, 0.25) is 0 Å². The van der Waals surface area contributed by atoms with Crippen LogP contribution < -0.4 is 10.6 Å². The molecule has 0 N–H and O–H groups in total. The van der Waals surface area contributed by atoms with Gasteiger partial charge in [-0.3, -0.25) is 0 Å². The third-order valence-electron chi connectivity index (χ3n) is 6.09. The summed E-state index contributed by atoms with van der Waals surface area (Å²) in [7, 11) is -2.96. The van der Waals surface area contributed by atoms with Gasteiger partial charge in [0.15, 0.2) is 7.14 Å². The molecule has 1 atom stereocenters. The van der Waals surface area contributed by atoms with Gasteiger partial charge in [0, 0.05) is 22.6 Å². The Morgan fingerprint density at radius 1 is 0.700 bits per heavy atom. The average molecular weight is 412 g/mol. The second-order valence-electron chi connectivity index (χ2n) is 7.93. The highest BCUT2D eigenvalue weighted by Gasteiger charge is 2.42. The lowest BCUT2D eigenvalue weighted by molar-refractivity contribution is 0.328. The fraction of sp³-hybridized carbons (Fsp3) is 0.185. The second-order valence-corrected chi connectivity index (χ2v) is 10.8. The third kappa shape index (κ3) is 3.36. The van der Waals surface area contributed by atoms with E-state index >= 15 is 4.57 Å². The minimum absolute atomic E-state index is 0.179. The molecule has 1 unspecified atom stereocenters. The largest absolute Gasteiger partial charge is 0.461 e. The first kappa shape index (κ1) is 19.2. The van der Waals surface area contributed by atoms with Crippen LogP contribution in [0.4, 0.5) is 0 Å². The van der Waals surface area contributed by atoms with E-state index in [1.54, 1.807) is 0 Å². The maximum absolute atomic E-state index is 15.1. The van der Waals surface area contributed by atoms with E-state index in [0.29, 0.717) is 0 Å². The zero-order chi connectivity index (χ0) is 20.4. The van der Waals surface area contributed by atoms with Gasteiger partial charge in [-0.2, -0.15) is 0 Å². The quantitative estimate of drug-likeness (QED) is 0.472. The first-order chi connectivity index (χ1) is 14.8. The fourth-order valence-electron chi connectivity index (χ4n) is 4.59. The van der Waals surface area contributed by atoms with Crippen molar-refractivity contribution in [1.29, 1.82) is 0 Å². The van der Waals surface area contributed by atoms with E-state index in [9.17, 15) is 0 Å². The Labute approximate surface area is 178 Å². The number of benzene rings is 3. The number of hydrogen-bond donors (Lipinski definition) is 0. The molecule has 3 aromatic carbocycles. The molecule has 1 heterocycles. The van der Waals surface area contributed by atoms with E-state index in [2.05, 4.69) is 18.2 Å². The summed E-state index contributed by atoms with van der Waals surface area (Å²) in [5, 5.41) is 1.81. The molecule has 150 valence electrons. The van der Waals surface area contributed by atoms with Gasteiger partial charge in [-0.25, -0.2) is 0 Å². The smallest absolute Gasteiger partial charge is 0.153 e. The highest BCUT2D eigenvalue weighted by atomic mass is 31.2. The molecule has 0 bridgehead atoms. The van der Waals surface area contributed by atoms with Crippen LogP contribution in [0.1, 0.15) is 31.2 Å². The molecular weight excluding hydrogens is 387 g/mol. The maximum atomic E-state index is 15.1. The Morgan fingerprint density at radius 2 is 1.23 bits per heavy atom. The van der Waals surface area contributed by atoms with Crippen molar-refractivity contribution in [2.75, 3.05) is 0 Å². The van der Waals surface area contributed by atoms with E-state index in [1.807, 2.05) is 78.9 Å². The van der Waals surface area contributed by atoms with Crippen molar-refractivity contribution in [3.8, 4) is 0 Å². The standard InChI is InChI=1S/C27H25O2P/c28-30(22-14-6-2-7-15-22,23-16-8-3-9-17-23)27-20-26(21-12-4-1-5-13-21)29-25-19-11-10-18-24(25)27/h1-9,12-17,20,27H,10-11,18-19H2. The van der Waals surface area contributed by atoms with Gasteiger partial charge in [0.1, 0.15) is 11.5 Å². The van der Waals surface area contributed by atoms with Crippen LogP contribution >= 0.6 is 7.14 Å². The van der Waals surface area contributed by atoms with E-state index < -0.39 is 7.14 Å². The van der Waals surface area contributed by atoms with E-state index in [-0.39, 0.29) is 5.66 Å². The van der Waals surface area contributed by atoms with Gasteiger partial charge < -0.3 is 9.30 Å². The molecule has 0 fully saturated rings. The molecule has 0 saturated carbocycles. The van der Waals surface area contributed by atoms with E-state index in [0.717, 1.165) is 53.4 Å². The molecule has 5 rings (SSSR count). The monoisotopic (exact) mass is 412 g/mol. The molecule has 30 heavy (non-hydrogen) atoms. The summed E-state index contributed by atoms with van der Waals surface area (Å²) in [6, 6.07) is 30.2. The van der Waals surface area contributed by atoms with Gasteiger partial charge in [0.05, 0.1) is 5.66 Å². The van der Waals surface area contributed by atoms with Crippen molar-refractivity contribution in [3.05, 3.63) is 114 Å². The molecule has 0 saturated heterocycles. The number of allylic oxidation sites excluding steroid dienone is 3. The molecule has 0 aromatic heterocycles. The Morgan fingerprint density at radius 3 is 1.83 bits per heavy atom. The van der Waals surface area contributed by atoms with Gasteiger partial charge in [-0.1, -0.05) is 91.0 Å². The first-order valence-electron chi connectivity index (χ1n) is 10.6. The van der Waals surface area contributed by atoms with Crippen LogP contribution in [0, 0.1) is 0 Å². The molecule has 2 aliphatic rings. The number of ether oxygens (including phenoxy) is 1. The van der Waals surface area contributed by atoms with Gasteiger partial charge in [0.25, 0.3) is 0 Å². The molecular formula is C27H25O2P. The average Bonchev–Trinajstić information content (AvgIpc) is 2.84. The van der Waals surface area contributed by atoms with Crippen LogP contribution in [0.5, 0.6) is 0 Å². The van der Waals surface area contributed by atoms with Crippen LogP contribution in [-0.2, 0) is 9.30 Å². The minimum atomic E-state index is -2.96. The maximum Gasteiger partial charge on any atom is 0.153 e. The zero-order valence-corrected chi connectivity index (χ0v) is 17.8. The molecule has 1 aliphatic carbocycles. The predicted octanol–water partition coefficient (Wildman–Crippen LogP) is 6.27. The third-order valence-corrected chi connectivity index (χ3v) is 9.46. The van der Waals surface area contributed by atoms with Crippen LogP contribution in [0.2, 0.25) is 0 Å². The summed E-state index contributed by atoms with van der Waals surface area (Å²) in [6.45, 7) is 0. The summed E-state index contributed by atoms with van der Waals surface area (Å²) in [6.07, 6.45) is 6.23. The molecule has 3 aromatic rings. The van der Waals surface area contributed by atoms with Crippen molar-refractivity contribution >= 4 is 23.5 Å². The summed E-state index contributed by atoms with van der Waals surface area (Å²) >= 11 is 0. The number of rotatable bonds is 4. The lowest BCUT2D eigenvalue weighted by Crippen LogP contribution is -2.30. The summed E-state index contributed by atoms with van der Waals surface area (Å²) in [5.74, 6) is 1.85. The minimum Gasteiger partial charge on any atom is -0.461 e. The fourth-order valence-corrected chi connectivity index (χ4v) is 7.82. The second kappa shape index (κ2) is 8.13. The molecule has 3 heteroatoms. The first-order valence-corrected chi connectivity index (χ1v) is 12.4. The lowest BCUT2D eigenvalue weighted by atomic mass is 9.92. The Hall–Kier alpha value is -2.83. The van der Waals surface area contributed by atoms with Crippen LogP contribution in [0.25, 0.3) is 5.76 Å². The predicted molar refractivity (Wildman–Crippen MR) is 125 cm³/mol. The molecule has 0 amide bonds. The highest BCUT2D eigenvalue weighted by Crippen LogP contribution is 2.56. The summed E-state index contributed by atoms with van der Waals surface area (Å²) in [5.41, 5.74) is 2.07. The van der Waals surface area contributed by atoms with E-state index in [4.69, 9.17) is 4.74 Å². The Bertz CT molecular complexity index is 1090. The molecule has 0 spiro atoms. The Balaban J connectivity index is 1.73. The van der Waals surface area contributed by atoms with Crippen molar-refractivity contribution < 1.29 is 9.30 Å². The van der Waals surface area contributed by atoms with Crippen molar-refractivity contribution in [3.63, 3.8) is 0 Å². The molecule has 2 nitrogen and oxygen atoms in total. The Kier molecular flexibility index (Phi) is 5.19. The SMILES string of the molecule is O=P(c1ccccc1)(c1ccccc1)C1C=C(c2ccccc2)OC2=C1CCCC2. The van der Waals surface area contributed by atoms with Crippen LogP contribution in [0.15, 0.2) is 108 Å². The lowest BCUT2D eigenvalue weighted by Gasteiger charge is -2.36. The highest BCUT2D eigenvalue weighted by molar-refractivity contribution is 7.79. The van der Waals surface area contributed by atoms with Gasteiger partial charge in [-0.05, 0) is 30.9 Å². The van der Waals surface area contributed by atoms with Gasteiger partial charge in [-0.15, -0.1) is 0 Å². The van der Waals surface area contributed by atoms with Gasteiger partial charge >= 0.3 is 0 Å². The van der Waals surface area contributed by atoms with E-state index in [1.165, 1.54) is 5.57 Å². The van der Waals surface area contributed by atoms with Crippen molar-refractivity contribution in [1.82, 2.24) is 0 Å². The summed E-state index contributed by atoms with van der Waals surface area (Å²) in [4.78, 5) is 0. The zero-order valence-electron chi connectivity index (χ0n) is 16.9. The molecule has 0 radical (unpaired) electrons. The van der Waals surface area contributed by atoms with Crippen LogP contribution in [0.3, 0.4) is 0 Å².